The van der Waals surface area contributed by atoms with Gasteiger partial charge in [-0.25, -0.2) is 0 Å². The van der Waals surface area contributed by atoms with Gasteiger partial charge in [-0.3, -0.25) is 4.99 Å². The van der Waals surface area contributed by atoms with Crippen LogP contribution in [0, 0.1) is 5.41 Å². The predicted octanol–water partition coefficient (Wildman–Crippen LogP) is 2.59. The first kappa shape index (κ1) is 17.5. The van der Waals surface area contributed by atoms with E-state index in [2.05, 4.69) is 54.5 Å². The lowest BCUT2D eigenvalue weighted by molar-refractivity contribution is 0.204. The first-order chi connectivity index (χ1) is 10.0. The van der Waals surface area contributed by atoms with Gasteiger partial charge in [0.1, 0.15) is 0 Å². The molecular weight excluding hydrogens is 262 g/mol. The largest absolute Gasteiger partial charge is 0.383 e. The number of aliphatic imine (C=N–C) groups is 1. The summed E-state index contributed by atoms with van der Waals surface area (Å²) in [6, 6.07) is 10.6. The lowest BCUT2D eigenvalue weighted by Crippen LogP contribution is -2.35. The second-order valence-electron chi connectivity index (χ2n) is 6.12. The normalized spacial score (nSPS) is 12.4. The molecule has 21 heavy (non-hydrogen) atoms. The minimum absolute atomic E-state index is 0.169. The zero-order valence-electron chi connectivity index (χ0n) is 13.6. The van der Waals surface area contributed by atoms with Crippen LogP contribution in [0.25, 0.3) is 0 Å². The molecule has 1 aromatic rings. The molecule has 3 N–H and O–H groups in total. The number of ether oxygens (including phenoxy) is 1. The predicted molar refractivity (Wildman–Crippen MR) is 89.5 cm³/mol. The van der Waals surface area contributed by atoms with Crippen molar-refractivity contribution in [3.63, 3.8) is 0 Å². The molecule has 0 amide bonds. The van der Waals surface area contributed by atoms with Crippen molar-refractivity contribution in [2.75, 3.05) is 26.8 Å². The van der Waals surface area contributed by atoms with E-state index in [9.17, 15) is 0 Å². The number of nitrogens with one attached hydrogen (secondary N) is 1. The molecule has 118 valence electrons. The van der Waals surface area contributed by atoms with E-state index < -0.39 is 0 Å². The summed E-state index contributed by atoms with van der Waals surface area (Å²) in [7, 11) is 1.67. The van der Waals surface area contributed by atoms with E-state index >= 15 is 0 Å². The first-order valence-electron chi connectivity index (χ1n) is 7.60. The van der Waals surface area contributed by atoms with Crippen LogP contribution in [0.3, 0.4) is 0 Å². The van der Waals surface area contributed by atoms with Crippen molar-refractivity contribution >= 4 is 5.96 Å². The summed E-state index contributed by atoms with van der Waals surface area (Å²) in [4.78, 5) is 4.42. The van der Waals surface area contributed by atoms with Crippen LogP contribution in [0.2, 0.25) is 0 Å². The highest BCUT2D eigenvalue weighted by Gasteiger charge is 2.17. The van der Waals surface area contributed by atoms with Crippen molar-refractivity contribution in [2.45, 2.75) is 33.1 Å². The molecule has 1 aromatic carbocycles. The maximum atomic E-state index is 5.82. The fourth-order valence-electron chi connectivity index (χ4n) is 2.13. The van der Waals surface area contributed by atoms with Crippen molar-refractivity contribution in [1.29, 1.82) is 0 Å². The van der Waals surface area contributed by atoms with Crippen LogP contribution in [0.15, 0.2) is 35.3 Å². The minimum atomic E-state index is 0.169. The van der Waals surface area contributed by atoms with Gasteiger partial charge in [0.15, 0.2) is 5.96 Å². The number of methoxy groups -OCH3 is 1. The van der Waals surface area contributed by atoms with Gasteiger partial charge in [0.2, 0.25) is 0 Å². The molecule has 0 aliphatic heterocycles. The fourth-order valence-corrected chi connectivity index (χ4v) is 2.13. The smallest absolute Gasteiger partial charge is 0.188 e. The summed E-state index contributed by atoms with van der Waals surface area (Å²) >= 11 is 0. The molecule has 4 nitrogen and oxygen atoms in total. The number of benzene rings is 1. The Labute approximate surface area is 128 Å². The number of guanidine groups is 1. The van der Waals surface area contributed by atoms with Crippen LogP contribution in [0.5, 0.6) is 0 Å². The number of hydrogen-bond acceptors (Lipinski definition) is 2. The molecule has 0 spiro atoms. The standard InChI is InChI=1S/C17H29N3O/c1-17(2,14-20-16(18)19-12-13-21-3)11-7-10-15-8-5-4-6-9-15/h4-6,8-9H,7,10-14H2,1-3H3,(H3,18,19,20). The SMILES string of the molecule is COCCNC(N)=NCC(C)(C)CCCc1ccccc1. The molecule has 0 aliphatic carbocycles. The molecular formula is C17H29N3O. The second-order valence-corrected chi connectivity index (χ2v) is 6.12. The molecule has 4 heteroatoms. The Kier molecular flexibility index (Phi) is 7.83. The highest BCUT2D eigenvalue weighted by Crippen LogP contribution is 2.23. The van der Waals surface area contributed by atoms with E-state index in [-0.39, 0.29) is 5.41 Å². The summed E-state index contributed by atoms with van der Waals surface area (Å²) in [5.74, 6) is 0.503. The maximum absolute atomic E-state index is 5.82. The summed E-state index contributed by atoms with van der Waals surface area (Å²) in [5.41, 5.74) is 7.39. The first-order valence-corrected chi connectivity index (χ1v) is 7.60. The Bertz CT molecular complexity index is 415. The third-order valence-electron chi connectivity index (χ3n) is 3.45. The van der Waals surface area contributed by atoms with Crippen molar-refractivity contribution in [1.82, 2.24) is 5.32 Å². The molecule has 0 aromatic heterocycles. The number of nitrogens with two attached hydrogens (primary N) is 1. The van der Waals surface area contributed by atoms with Crippen LogP contribution >= 0.6 is 0 Å². The van der Waals surface area contributed by atoms with Crippen molar-refractivity contribution in [2.24, 2.45) is 16.1 Å². The molecule has 0 aliphatic rings. The molecule has 0 heterocycles. The fraction of sp³-hybridized carbons (Fsp3) is 0.588. The summed E-state index contributed by atoms with van der Waals surface area (Å²) in [6.07, 6.45) is 3.43. The molecule has 0 atom stereocenters. The van der Waals surface area contributed by atoms with Crippen molar-refractivity contribution in [3.8, 4) is 0 Å². The topological polar surface area (TPSA) is 59.6 Å². The van der Waals surface area contributed by atoms with Gasteiger partial charge in [-0.05, 0) is 30.2 Å². The Hall–Kier alpha value is -1.55. The van der Waals surface area contributed by atoms with Gasteiger partial charge in [-0.15, -0.1) is 0 Å². The molecule has 0 saturated heterocycles. The summed E-state index contributed by atoms with van der Waals surface area (Å²) in [6.45, 7) is 6.55. The lowest BCUT2D eigenvalue weighted by Gasteiger charge is -2.22. The van der Waals surface area contributed by atoms with Gasteiger partial charge < -0.3 is 15.8 Å². The average Bonchev–Trinajstić information content (AvgIpc) is 2.46. The van der Waals surface area contributed by atoms with Gasteiger partial charge in [-0.1, -0.05) is 44.2 Å². The van der Waals surface area contributed by atoms with Gasteiger partial charge in [0, 0.05) is 20.2 Å². The maximum Gasteiger partial charge on any atom is 0.188 e. The number of hydrogen-bond donors (Lipinski definition) is 2. The number of nitrogens with zero attached hydrogens (tertiary/aromatic N) is 1. The van der Waals surface area contributed by atoms with Crippen LogP contribution in [-0.2, 0) is 11.2 Å². The number of aryl methyl sites for hydroxylation is 1. The Morgan fingerprint density at radius 3 is 2.67 bits per heavy atom. The minimum Gasteiger partial charge on any atom is -0.383 e. The monoisotopic (exact) mass is 291 g/mol. The molecule has 1 rings (SSSR count). The Morgan fingerprint density at radius 2 is 2.00 bits per heavy atom. The third kappa shape index (κ3) is 8.35. The average molecular weight is 291 g/mol. The van der Waals surface area contributed by atoms with E-state index in [1.165, 1.54) is 12.0 Å². The Morgan fingerprint density at radius 1 is 1.29 bits per heavy atom. The highest BCUT2D eigenvalue weighted by atomic mass is 16.5. The van der Waals surface area contributed by atoms with Gasteiger partial charge in [0.05, 0.1) is 6.61 Å². The van der Waals surface area contributed by atoms with Crippen LogP contribution in [0.1, 0.15) is 32.3 Å². The van der Waals surface area contributed by atoms with E-state index in [0.717, 1.165) is 19.4 Å². The van der Waals surface area contributed by atoms with Crippen molar-refractivity contribution in [3.05, 3.63) is 35.9 Å². The van der Waals surface area contributed by atoms with E-state index in [4.69, 9.17) is 10.5 Å². The van der Waals surface area contributed by atoms with Gasteiger partial charge in [0.25, 0.3) is 0 Å². The van der Waals surface area contributed by atoms with Gasteiger partial charge >= 0.3 is 0 Å². The van der Waals surface area contributed by atoms with E-state index in [1.807, 2.05) is 0 Å². The molecule has 0 bridgehead atoms. The molecule has 0 unspecified atom stereocenters. The van der Waals surface area contributed by atoms with Gasteiger partial charge in [-0.2, -0.15) is 0 Å². The summed E-state index contributed by atoms with van der Waals surface area (Å²) < 4.78 is 4.96. The Balaban J connectivity index is 2.27. The zero-order valence-corrected chi connectivity index (χ0v) is 13.6. The zero-order chi connectivity index (χ0) is 15.6. The van der Waals surface area contributed by atoms with Crippen LogP contribution < -0.4 is 11.1 Å². The van der Waals surface area contributed by atoms with Crippen molar-refractivity contribution < 1.29 is 4.74 Å². The lowest BCUT2D eigenvalue weighted by atomic mass is 9.86. The molecule has 0 radical (unpaired) electrons. The van der Waals surface area contributed by atoms with Crippen LogP contribution in [0.4, 0.5) is 0 Å². The molecule has 0 fully saturated rings. The van der Waals surface area contributed by atoms with E-state index in [0.29, 0.717) is 19.1 Å². The second kappa shape index (κ2) is 9.40. The number of rotatable bonds is 9. The highest BCUT2D eigenvalue weighted by molar-refractivity contribution is 5.77. The summed E-state index contributed by atoms with van der Waals surface area (Å²) in [5, 5.41) is 3.04. The van der Waals surface area contributed by atoms with E-state index in [1.54, 1.807) is 7.11 Å². The third-order valence-corrected chi connectivity index (χ3v) is 3.45. The molecule has 0 saturated carbocycles. The quantitative estimate of drug-likeness (QED) is 0.418. The van der Waals surface area contributed by atoms with Crippen LogP contribution in [-0.4, -0.2) is 32.8 Å².